The van der Waals surface area contributed by atoms with Crippen molar-refractivity contribution in [3.05, 3.63) is 0 Å². The van der Waals surface area contributed by atoms with Crippen molar-refractivity contribution in [2.45, 2.75) is 64.2 Å². The SMILES string of the molecule is C#CCCC(=O)OCCCCCCCCCC=O. The summed E-state index contributed by atoms with van der Waals surface area (Å²) >= 11 is 0. The van der Waals surface area contributed by atoms with Crippen molar-refractivity contribution in [3.63, 3.8) is 0 Å². The summed E-state index contributed by atoms with van der Waals surface area (Å²) in [5.41, 5.74) is 0. The van der Waals surface area contributed by atoms with Crippen molar-refractivity contribution in [1.82, 2.24) is 0 Å². The van der Waals surface area contributed by atoms with Gasteiger partial charge in [-0.25, -0.2) is 0 Å². The number of carbonyl (C=O) groups is 2. The smallest absolute Gasteiger partial charge is 0.306 e. The van der Waals surface area contributed by atoms with Gasteiger partial charge in [-0.05, 0) is 12.8 Å². The first-order valence-electron chi connectivity index (χ1n) is 6.84. The second kappa shape index (κ2) is 13.8. The maximum atomic E-state index is 11.1. The van der Waals surface area contributed by atoms with Crippen molar-refractivity contribution in [2.24, 2.45) is 0 Å². The largest absolute Gasteiger partial charge is 0.466 e. The highest BCUT2D eigenvalue weighted by molar-refractivity contribution is 5.69. The highest BCUT2D eigenvalue weighted by atomic mass is 16.5. The highest BCUT2D eigenvalue weighted by Gasteiger charge is 2.00. The molecule has 0 aliphatic rings. The second-order valence-electron chi connectivity index (χ2n) is 4.35. The molecule has 0 bridgehead atoms. The zero-order valence-electron chi connectivity index (χ0n) is 11.2. The Morgan fingerprint density at radius 3 is 2.28 bits per heavy atom. The molecule has 0 atom stereocenters. The molecule has 3 heteroatoms. The lowest BCUT2D eigenvalue weighted by Crippen LogP contribution is -2.05. The van der Waals surface area contributed by atoms with Gasteiger partial charge in [-0.3, -0.25) is 4.79 Å². The summed E-state index contributed by atoms with van der Waals surface area (Å²) in [6.45, 7) is 0.508. The van der Waals surface area contributed by atoms with Crippen molar-refractivity contribution in [3.8, 4) is 12.3 Å². The summed E-state index contributed by atoms with van der Waals surface area (Å²) < 4.78 is 5.03. The molecule has 0 aliphatic carbocycles. The summed E-state index contributed by atoms with van der Waals surface area (Å²) in [5.74, 6) is 2.22. The van der Waals surface area contributed by atoms with Gasteiger partial charge >= 0.3 is 5.97 Å². The minimum atomic E-state index is -0.193. The Kier molecular flexibility index (Phi) is 12.8. The van der Waals surface area contributed by atoms with E-state index in [1.807, 2.05) is 0 Å². The molecule has 0 aliphatic heterocycles. The van der Waals surface area contributed by atoms with Gasteiger partial charge in [0.2, 0.25) is 0 Å². The molecule has 18 heavy (non-hydrogen) atoms. The molecular weight excluding hydrogens is 228 g/mol. The number of hydrogen-bond donors (Lipinski definition) is 0. The van der Waals surface area contributed by atoms with Crippen LogP contribution in [0.1, 0.15) is 64.2 Å². The van der Waals surface area contributed by atoms with Crippen LogP contribution in [0.25, 0.3) is 0 Å². The van der Waals surface area contributed by atoms with Crippen LogP contribution in [0.4, 0.5) is 0 Å². The Bertz CT molecular complexity index is 253. The van der Waals surface area contributed by atoms with Crippen LogP contribution in [-0.2, 0) is 14.3 Å². The van der Waals surface area contributed by atoms with Crippen LogP contribution < -0.4 is 0 Å². The van der Waals surface area contributed by atoms with E-state index in [2.05, 4.69) is 5.92 Å². The first-order chi connectivity index (χ1) is 8.81. The van der Waals surface area contributed by atoms with E-state index in [1.165, 1.54) is 19.3 Å². The minimum Gasteiger partial charge on any atom is -0.466 e. The normalized spacial score (nSPS) is 9.72. The summed E-state index contributed by atoms with van der Waals surface area (Å²) in [6.07, 6.45) is 15.2. The number of aldehydes is 1. The third kappa shape index (κ3) is 12.8. The number of rotatable bonds is 12. The van der Waals surface area contributed by atoms with Crippen molar-refractivity contribution >= 4 is 12.3 Å². The quantitative estimate of drug-likeness (QED) is 0.232. The van der Waals surface area contributed by atoms with E-state index in [0.29, 0.717) is 25.9 Å². The Labute approximate surface area is 110 Å². The van der Waals surface area contributed by atoms with Gasteiger partial charge in [-0.15, -0.1) is 12.3 Å². The van der Waals surface area contributed by atoms with Crippen LogP contribution in [0.3, 0.4) is 0 Å². The summed E-state index contributed by atoms with van der Waals surface area (Å²) in [5, 5.41) is 0. The molecule has 0 radical (unpaired) electrons. The number of hydrogen-bond acceptors (Lipinski definition) is 3. The predicted octanol–water partition coefficient (Wildman–Crippen LogP) is 3.26. The number of unbranched alkanes of at least 4 members (excludes halogenated alkanes) is 7. The van der Waals surface area contributed by atoms with E-state index in [9.17, 15) is 9.59 Å². The molecule has 0 spiro atoms. The fourth-order valence-electron chi connectivity index (χ4n) is 1.65. The molecule has 102 valence electrons. The summed E-state index contributed by atoms with van der Waals surface area (Å²) in [7, 11) is 0. The van der Waals surface area contributed by atoms with Crippen LogP contribution in [-0.4, -0.2) is 18.9 Å². The highest BCUT2D eigenvalue weighted by Crippen LogP contribution is 2.08. The number of ether oxygens (including phenoxy) is 1. The monoisotopic (exact) mass is 252 g/mol. The molecular formula is C15H24O3. The van der Waals surface area contributed by atoms with Gasteiger partial charge in [0.1, 0.15) is 6.29 Å². The molecule has 3 nitrogen and oxygen atoms in total. The molecule has 0 amide bonds. The fraction of sp³-hybridized carbons (Fsp3) is 0.733. The van der Waals surface area contributed by atoms with Gasteiger partial charge in [-0.1, -0.05) is 32.1 Å². The van der Waals surface area contributed by atoms with Gasteiger partial charge in [-0.2, -0.15) is 0 Å². The fourth-order valence-corrected chi connectivity index (χ4v) is 1.65. The molecule has 0 aromatic rings. The van der Waals surface area contributed by atoms with E-state index in [-0.39, 0.29) is 5.97 Å². The number of esters is 1. The summed E-state index contributed by atoms with van der Waals surface area (Å²) in [6, 6.07) is 0. The Morgan fingerprint density at radius 2 is 1.67 bits per heavy atom. The maximum absolute atomic E-state index is 11.1. The standard InChI is InChI=1S/C15H24O3/c1-2-3-12-15(17)18-14-11-9-7-5-4-6-8-10-13-16/h1,13H,3-12,14H2. The minimum absolute atomic E-state index is 0.193. The lowest BCUT2D eigenvalue weighted by molar-refractivity contribution is -0.143. The zero-order valence-corrected chi connectivity index (χ0v) is 11.2. The molecule has 0 saturated heterocycles. The van der Waals surface area contributed by atoms with E-state index < -0.39 is 0 Å². The van der Waals surface area contributed by atoms with Gasteiger partial charge in [0.25, 0.3) is 0 Å². The van der Waals surface area contributed by atoms with E-state index >= 15 is 0 Å². The predicted molar refractivity (Wildman–Crippen MR) is 72.0 cm³/mol. The van der Waals surface area contributed by atoms with Crippen molar-refractivity contribution in [1.29, 1.82) is 0 Å². The van der Waals surface area contributed by atoms with Crippen LogP contribution in [0.5, 0.6) is 0 Å². The molecule has 0 N–H and O–H groups in total. The zero-order chi connectivity index (χ0) is 13.5. The topological polar surface area (TPSA) is 43.4 Å². The first kappa shape index (κ1) is 16.7. The number of terminal acetylenes is 1. The van der Waals surface area contributed by atoms with E-state index in [4.69, 9.17) is 11.2 Å². The lowest BCUT2D eigenvalue weighted by atomic mass is 10.1. The van der Waals surface area contributed by atoms with Crippen LogP contribution in [0, 0.1) is 12.3 Å². The lowest BCUT2D eigenvalue weighted by Gasteiger charge is -2.03. The molecule has 0 rings (SSSR count). The van der Waals surface area contributed by atoms with Gasteiger partial charge < -0.3 is 9.53 Å². The second-order valence-corrected chi connectivity index (χ2v) is 4.35. The molecule has 0 aromatic heterocycles. The third-order valence-electron chi connectivity index (χ3n) is 2.70. The molecule has 0 saturated carbocycles. The molecule has 0 fully saturated rings. The molecule has 0 unspecified atom stereocenters. The number of carbonyl (C=O) groups excluding carboxylic acids is 2. The van der Waals surface area contributed by atoms with Crippen LogP contribution in [0.2, 0.25) is 0 Å². The Morgan fingerprint density at radius 1 is 1.06 bits per heavy atom. The Hall–Kier alpha value is -1.30. The molecule has 0 aromatic carbocycles. The first-order valence-corrected chi connectivity index (χ1v) is 6.84. The van der Waals surface area contributed by atoms with Crippen molar-refractivity contribution < 1.29 is 14.3 Å². The van der Waals surface area contributed by atoms with Crippen LogP contribution in [0.15, 0.2) is 0 Å². The van der Waals surface area contributed by atoms with Crippen molar-refractivity contribution in [2.75, 3.05) is 6.61 Å². The van der Waals surface area contributed by atoms with E-state index in [1.54, 1.807) is 0 Å². The average molecular weight is 252 g/mol. The Balaban J connectivity index is 3.09. The van der Waals surface area contributed by atoms with Gasteiger partial charge in [0.05, 0.1) is 13.0 Å². The molecule has 0 heterocycles. The van der Waals surface area contributed by atoms with E-state index in [0.717, 1.165) is 32.0 Å². The maximum Gasteiger partial charge on any atom is 0.306 e. The average Bonchev–Trinajstić information content (AvgIpc) is 2.38. The van der Waals surface area contributed by atoms with Gasteiger partial charge in [0, 0.05) is 12.8 Å². The van der Waals surface area contributed by atoms with Gasteiger partial charge in [0.15, 0.2) is 0 Å². The summed E-state index contributed by atoms with van der Waals surface area (Å²) in [4.78, 5) is 21.2. The van der Waals surface area contributed by atoms with Crippen LogP contribution >= 0.6 is 0 Å². The third-order valence-corrected chi connectivity index (χ3v) is 2.70.